The molecule has 0 bridgehead atoms. The molecule has 2 aliphatic carbocycles. The van der Waals surface area contributed by atoms with E-state index >= 15 is 0 Å². The Kier molecular flexibility index (Phi) is 7.14. The average Bonchev–Trinajstić information content (AvgIpc) is 3.64. The van der Waals surface area contributed by atoms with E-state index in [0.29, 0.717) is 28.8 Å². The van der Waals surface area contributed by atoms with E-state index in [9.17, 15) is 9.59 Å². The molecule has 1 saturated heterocycles. The van der Waals surface area contributed by atoms with Crippen LogP contribution < -0.4 is 16.1 Å². The first-order chi connectivity index (χ1) is 17.4. The number of anilines is 3. The largest absolute Gasteiger partial charge is 0.367 e. The van der Waals surface area contributed by atoms with Gasteiger partial charge in [0.1, 0.15) is 13.7 Å². The van der Waals surface area contributed by atoms with E-state index in [2.05, 4.69) is 32.5 Å². The quantitative estimate of drug-likeness (QED) is 0.574. The predicted molar refractivity (Wildman–Crippen MR) is 141 cm³/mol. The van der Waals surface area contributed by atoms with E-state index in [0.717, 1.165) is 64.0 Å². The minimum Gasteiger partial charge on any atom is -0.367 e. The smallest absolute Gasteiger partial charge is 0.253 e. The van der Waals surface area contributed by atoms with Crippen LogP contribution in [0.2, 0.25) is 0 Å². The van der Waals surface area contributed by atoms with Gasteiger partial charge >= 0.3 is 0 Å². The van der Waals surface area contributed by atoms with Crippen LogP contribution in [0.3, 0.4) is 0 Å². The zero-order valence-electron chi connectivity index (χ0n) is 21.1. The molecule has 2 saturated carbocycles. The number of aromatic nitrogens is 2. The molecule has 5 rings (SSSR count). The van der Waals surface area contributed by atoms with Crippen molar-refractivity contribution in [2.45, 2.75) is 44.2 Å². The van der Waals surface area contributed by atoms with E-state index in [1.807, 2.05) is 41.1 Å². The van der Waals surface area contributed by atoms with Crippen molar-refractivity contribution in [3.8, 4) is 0 Å². The third kappa shape index (κ3) is 5.48. The molecule has 2 atom stereocenters. The van der Waals surface area contributed by atoms with Crippen LogP contribution in [-0.4, -0.2) is 96.7 Å². The molecule has 9 nitrogen and oxygen atoms in total. The van der Waals surface area contributed by atoms with E-state index in [-0.39, 0.29) is 23.8 Å². The van der Waals surface area contributed by atoms with E-state index in [1.54, 1.807) is 6.20 Å². The molecule has 10 heteroatoms. The number of benzene rings is 1. The molecule has 36 heavy (non-hydrogen) atoms. The standard InChI is InChI=1S/C26H34BN7O2/c1-32-12-14-34(15-13-32)24(35)17-6-8-18(9-7-17)29-26-28-16-21(27)23(31-26)30-22-5-3-4-20(22)25(36)33(2)19-10-11-19/h6-9,16,19-20,22H,3-5,10-15H2,1-2H3,(H2,28,29,30,31)/t20-,22+/m0/s1. The topological polar surface area (TPSA) is 93.7 Å². The van der Waals surface area contributed by atoms with E-state index in [1.165, 1.54) is 0 Å². The third-order valence-corrected chi connectivity index (χ3v) is 7.59. The summed E-state index contributed by atoms with van der Waals surface area (Å²) in [5.41, 5.74) is 1.89. The fourth-order valence-electron chi connectivity index (χ4n) is 5.09. The summed E-state index contributed by atoms with van der Waals surface area (Å²) in [5, 5.41) is 6.63. The predicted octanol–water partition coefficient (Wildman–Crippen LogP) is 1.60. The number of rotatable bonds is 7. The molecule has 1 aliphatic heterocycles. The highest BCUT2D eigenvalue weighted by molar-refractivity contribution is 6.35. The van der Waals surface area contributed by atoms with E-state index in [4.69, 9.17) is 7.85 Å². The summed E-state index contributed by atoms with van der Waals surface area (Å²) in [6.07, 6.45) is 6.57. The van der Waals surface area contributed by atoms with Gasteiger partial charge in [0.05, 0.1) is 5.92 Å². The maximum absolute atomic E-state index is 13.0. The van der Waals surface area contributed by atoms with Crippen LogP contribution >= 0.6 is 0 Å². The molecule has 0 spiro atoms. The molecular formula is C26H34BN7O2. The van der Waals surface area contributed by atoms with Gasteiger partial charge in [-0.3, -0.25) is 9.59 Å². The van der Waals surface area contributed by atoms with Gasteiger partial charge in [-0.25, -0.2) is 4.98 Å². The molecule has 2 radical (unpaired) electrons. The number of hydrogen-bond donors (Lipinski definition) is 2. The van der Waals surface area contributed by atoms with Gasteiger partial charge in [-0.2, -0.15) is 4.98 Å². The summed E-state index contributed by atoms with van der Waals surface area (Å²) in [5.74, 6) is 1.14. The highest BCUT2D eigenvalue weighted by Crippen LogP contribution is 2.33. The summed E-state index contributed by atoms with van der Waals surface area (Å²) >= 11 is 0. The van der Waals surface area contributed by atoms with Gasteiger partial charge in [-0.05, 0) is 62.5 Å². The highest BCUT2D eigenvalue weighted by Gasteiger charge is 2.39. The summed E-state index contributed by atoms with van der Waals surface area (Å²) in [7, 11) is 10.2. The van der Waals surface area contributed by atoms with Gasteiger partial charge < -0.3 is 25.3 Å². The molecule has 0 unspecified atom stereocenters. The SMILES string of the molecule is [B]c1cnc(Nc2ccc(C(=O)N3CCN(C)CC3)cc2)nc1N[C@@H]1CCC[C@@H]1C(=O)N(C)C1CC1. The summed E-state index contributed by atoms with van der Waals surface area (Å²) < 4.78 is 0. The lowest BCUT2D eigenvalue weighted by molar-refractivity contribution is -0.134. The van der Waals surface area contributed by atoms with Crippen molar-refractivity contribution in [3.63, 3.8) is 0 Å². The van der Waals surface area contributed by atoms with Crippen LogP contribution in [0.1, 0.15) is 42.5 Å². The van der Waals surface area contributed by atoms with E-state index < -0.39 is 0 Å². The third-order valence-electron chi connectivity index (χ3n) is 7.59. The van der Waals surface area contributed by atoms with Crippen LogP contribution in [0.5, 0.6) is 0 Å². The molecule has 2 amide bonds. The van der Waals surface area contributed by atoms with Crippen molar-refractivity contribution < 1.29 is 9.59 Å². The Hall–Kier alpha value is -3.14. The van der Waals surface area contributed by atoms with Crippen molar-refractivity contribution >= 4 is 42.6 Å². The van der Waals surface area contributed by atoms with Gasteiger partial charge in [0.25, 0.3) is 5.91 Å². The number of likely N-dealkylation sites (N-methyl/N-ethyl adjacent to an activating group) is 1. The lowest BCUT2D eigenvalue weighted by Gasteiger charge is -2.32. The lowest BCUT2D eigenvalue weighted by Crippen LogP contribution is -2.47. The van der Waals surface area contributed by atoms with Crippen molar-refractivity contribution in [3.05, 3.63) is 36.0 Å². The van der Waals surface area contributed by atoms with Crippen LogP contribution in [0.25, 0.3) is 0 Å². The zero-order valence-corrected chi connectivity index (χ0v) is 21.1. The van der Waals surface area contributed by atoms with Crippen LogP contribution in [0.4, 0.5) is 17.5 Å². The molecule has 1 aromatic carbocycles. The molecule has 2 N–H and O–H groups in total. The first-order valence-corrected chi connectivity index (χ1v) is 12.9. The van der Waals surface area contributed by atoms with Crippen molar-refractivity contribution in [2.75, 3.05) is 50.9 Å². The lowest BCUT2D eigenvalue weighted by atomic mass is 9.97. The van der Waals surface area contributed by atoms with Crippen molar-refractivity contribution in [1.29, 1.82) is 0 Å². The summed E-state index contributed by atoms with van der Waals surface area (Å²) in [6.45, 7) is 3.27. The Labute approximate surface area is 214 Å². The maximum Gasteiger partial charge on any atom is 0.253 e. The number of carbonyl (C=O) groups excluding carboxylic acids is 2. The average molecular weight is 487 g/mol. The molecule has 2 heterocycles. The Morgan fingerprint density at radius 1 is 1.06 bits per heavy atom. The number of hydrogen-bond acceptors (Lipinski definition) is 7. The fourth-order valence-corrected chi connectivity index (χ4v) is 5.09. The number of amides is 2. The van der Waals surface area contributed by atoms with Crippen molar-refractivity contribution in [1.82, 2.24) is 24.7 Å². The first kappa shape index (κ1) is 24.6. The monoisotopic (exact) mass is 487 g/mol. The molecule has 1 aromatic heterocycles. The minimum atomic E-state index is -0.0632. The molecule has 3 aliphatic rings. The van der Waals surface area contributed by atoms with Gasteiger partial charge in [0.15, 0.2) is 0 Å². The Balaban J connectivity index is 1.22. The maximum atomic E-state index is 13.0. The van der Waals surface area contributed by atoms with Gasteiger partial charge in [0, 0.05) is 62.8 Å². The second kappa shape index (κ2) is 10.5. The molecule has 2 aromatic rings. The number of nitrogens with zero attached hydrogens (tertiary/aromatic N) is 5. The van der Waals surface area contributed by atoms with Crippen LogP contribution in [-0.2, 0) is 4.79 Å². The zero-order chi connectivity index (χ0) is 25.2. The molecular weight excluding hydrogens is 453 g/mol. The molecule has 188 valence electrons. The molecule has 3 fully saturated rings. The second-order valence-electron chi connectivity index (χ2n) is 10.3. The number of carbonyl (C=O) groups is 2. The van der Waals surface area contributed by atoms with Crippen molar-refractivity contribution in [2.24, 2.45) is 5.92 Å². The van der Waals surface area contributed by atoms with Crippen LogP contribution in [0, 0.1) is 5.92 Å². The highest BCUT2D eigenvalue weighted by atomic mass is 16.2. The summed E-state index contributed by atoms with van der Waals surface area (Å²) in [4.78, 5) is 40.7. The van der Waals surface area contributed by atoms with Crippen LogP contribution in [0.15, 0.2) is 30.5 Å². The van der Waals surface area contributed by atoms with Gasteiger partial charge in [-0.1, -0.05) is 6.42 Å². The Morgan fingerprint density at radius 3 is 2.47 bits per heavy atom. The second-order valence-corrected chi connectivity index (χ2v) is 10.3. The van der Waals surface area contributed by atoms with Gasteiger partial charge in [0.2, 0.25) is 11.9 Å². The normalized spacial score (nSPS) is 22.3. The fraction of sp³-hybridized carbons (Fsp3) is 0.538. The summed E-state index contributed by atoms with van der Waals surface area (Å²) in [6, 6.07) is 7.77. The Bertz CT molecular complexity index is 1100. The minimum absolute atomic E-state index is 0.00335. The number of nitrogens with one attached hydrogen (secondary N) is 2. The first-order valence-electron chi connectivity index (χ1n) is 12.9. The number of piperazine rings is 1. The van der Waals surface area contributed by atoms with Gasteiger partial charge in [-0.15, -0.1) is 0 Å². The Morgan fingerprint density at radius 2 is 1.78 bits per heavy atom.